The molecule has 0 saturated carbocycles. The van der Waals surface area contributed by atoms with E-state index < -0.39 is 0 Å². The van der Waals surface area contributed by atoms with Crippen molar-refractivity contribution in [2.24, 2.45) is 5.92 Å². The number of carbonyl (C=O) groups is 2. The highest BCUT2D eigenvalue weighted by atomic mass is 16.5. The fourth-order valence-corrected chi connectivity index (χ4v) is 4.23. The molecule has 28 heavy (non-hydrogen) atoms. The molecule has 2 heterocycles. The lowest BCUT2D eigenvalue weighted by Gasteiger charge is -2.31. The number of hydrogen-bond acceptors (Lipinski definition) is 4. The molecule has 0 spiro atoms. The summed E-state index contributed by atoms with van der Waals surface area (Å²) in [6, 6.07) is 8.21. The minimum Gasteiger partial charge on any atom is -0.360 e. The van der Waals surface area contributed by atoms with E-state index in [-0.39, 0.29) is 17.7 Å². The molecule has 6 heteroatoms. The van der Waals surface area contributed by atoms with E-state index in [9.17, 15) is 9.59 Å². The van der Waals surface area contributed by atoms with E-state index in [2.05, 4.69) is 28.7 Å². The number of aromatic nitrogens is 1. The normalized spacial score (nSPS) is 17.2. The summed E-state index contributed by atoms with van der Waals surface area (Å²) >= 11 is 0. The van der Waals surface area contributed by atoms with E-state index in [1.165, 1.54) is 24.0 Å². The van der Waals surface area contributed by atoms with Crippen LogP contribution in [0.2, 0.25) is 0 Å². The number of hydrogen-bond donors (Lipinski definition) is 1. The molecule has 1 fully saturated rings. The molecule has 1 N–H and O–H groups in total. The summed E-state index contributed by atoms with van der Waals surface area (Å²) in [6.07, 6.45) is 6.60. The second-order valence-corrected chi connectivity index (χ2v) is 7.95. The van der Waals surface area contributed by atoms with Crippen LogP contribution in [0, 0.1) is 12.8 Å². The zero-order chi connectivity index (χ0) is 19.5. The summed E-state index contributed by atoms with van der Waals surface area (Å²) in [5, 5.41) is 6.60. The van der Waals surface area contributed by atoms with Crippen molar-refractivity contribution in [3.8, 4) is 0 Å². The van der Waals surface area contributed by atoms with Crippen molar-refractivity contribution >= 4 is 17.6 Å². The summed E-state index contributed by atoms with van der Waals surface area (Å²) in [5.74, 6) is 1.13. The number of piperidine rings is 1. The van der Waals surface area contributed by atoms with Crippen LogP contribution in [0.25, 0.3) is 0 Å². The highest BCUT2D eigenvalue weighted by molar-refractivity contribution is 5.91. The van der Waals surface area contributed by atoms with Crippen molar-refractivity contribution in [1.29, 1.82) is 0 Å². The Bertz CT molecular complexity index is 866. The first-order valence-corrected chi connectivity index (χ1v) is 10.2. The van der Waals surface area contributed by atoms with Gasteiger partial charge in [-0.3, -0.25) is 9.59 Å². The number of likely N-dealkylation sites (tertiary alicyclic amines) is 1. The minimum atomic E-state index is -0.0928. The molecule has 0 atom stereocenters. The van der Waals surface area contributed by atoms with E-state index in [1.54, 1.807) is 13.0 Å². The smallest absolute Gasteiger partial charge is 0.228 e. The van der Waals surface area contributed by atoms with Gasteiger partial charge in [0.2, 0.25) is 11.8 Å². The van der Waals surface area contributed by atoms with Gasteiger partial charge in [0.1, 0.15) is 5.76 Å². The average Bonchev–Trinajstić information content (AvgIpc) is 3.12. The van der Waals surface area contributed by atoms with Crippen LogP contribution in [0.1, 0.15) is 48.1 Å². The quantitative estimate of drug-likeness (QED) is 0.882. The molecule has 1 aliphatic carbocycles. The van der Waals surface area contributed by atoms with Gasteiger partial charge < -0.3 is 14.7 Å². The Morgan fingerprint density at radius 2 is 1.89 bits per heavy atom. The van der Waals surface area contributed by atoms with Crippen LogP contribution in [0.15, 0.2) is 28.8 Å². The van der Waals surface area contributed by atoms with Gasteiger partial charge >= 0.3 is 0 Å². The number of benzene rings is 1. The first kappa shape index (κ1) is 18.7. The molecule has 0 radical (unpaired) electrons. The van der Waals surface area contributed by atoms with Gasteiger partial charge in [-0.1, -0.05) is 23.4 Å². The molecule has 4 rings (SSSR count). The van der Waals surface area contributed by atoms with Crippen LogP contribution in [0.4, 0.5) is 5.82 Å². The number of anilines is 1. The van der Waals surface area contributed by atoms with Crippen molar-refractivity contribution in [2.75, 3.05) is 18.4 Å². The number of amides is 2. The number of rotatable bonds is 4. The van der Waals surface area contributed by atoms with Crippen molar-refractivity contribution in [2.45, 2.75) is 51.9 Å². The minimum absolute atomic E-state index is 0.0462. The van der Waals surface area contributed by atoms with E-state index in [4.69, 9.17) is 4.52 Å². The Labute approximate surface area is 165 Å². The van der Waals surface area contributed by atoms with Crippen LogP contribution in [-0.4, -0.2) is 35.0 Å². The van der Waals surface area contributed by atoms with Crippen LogP contribution >= 0.6 is 0 Å². The van der Waals surface area contributed by atoms with E-state index in [0.29, 0.717) is 43.9 Å². The van der Waals surface area contributed by atoms with Gasteiger partial charge in [-0.2, -0.15) is 0 Å². The summed E-state index contributed by atoms with van der Waals surface area (Å²) in [7, 11) is 0. The molecule has 2 amide bonds. The van der Waals surface area contributed by atoms with Crippen molar-refractivity contribution < 1.29 is 14.1 Å². The highest BCUT2D eigenvalue weighted by Crippen LogP contribution is 2.24. The van der Waals surface area contributed by atoms with Gasteiger partial charge in [-0.05, 0) is 62.1 Å². The standard InChI is InChI=1S/C22H27N3O3/c1-15-12-20(24-28-15)23-22(27)18-8-10-25(11-9-18)21(26)14-16-6-7-17-4-2-3-5-19(17)13-16/h6-7,12-13,18H,2-5,8-11,14H2,1H3,(H,23,24,27). The molecule has 2 aliphatic rings. The van der Waals surface area contributed by atoms with E-state index >= 15 is 0 Å². The first-order chi connectivity index (χ1) is 13.6. The monoisotopic (exact) mass is 381 g/mol. The van der Waals surface area contributed by atoms with Gasteiger partial charge in [0.15, 0.2) is 5.82 Å². The van der Waals surface area contributed by atoms with Crippen LogP contribution in [0.5, 0.6) is 0 Å². The Morgan fingerprint density at radius 1 is 1.14 bits per heavy atom. The maximum atomic E-state index is 12.7. The topological polar surface area (TPSA) is 75.4 Å². The highest BCUT2D eigenvalue weighted by Gasteiger charge is 2.28. The fourth-order valence-electron chi connectivity index (χ4n) is 4.23. The summed E-state index contributed by atoms with van der Waals surface area (Å²) in [4.78, 5) is 27.0. The van der Waals surface area contributed by atoms with E-state index in [0.717, 1.165) is 18.4 Å². The van der Waals surface area contributed by atoms with Gasteiger partial charge in [0.05, 0.1) is 6.42 Å². The number of nitrogens with zero attached hydrogens (tertiary/aromatic N) is 2. The summed E-state index contributed by atoms with van der Waals surface area (Å²) in [6.45, 7) is 3.04. The summed E-state index contributed by atoms with van der Waals surface area (Å²) in [5.41, 5.74) is 3.96. The zero-order valence-electron chi connectivity index (χ0n) is 16.4. The SMILES string of the molecule is Cc1cc(NC(=O)C2CCN(C(=O)Cc3ccc4c(c3)CCCC4)CC2)no1. The molecule has 0 unspecified atom stereocenters. The molecule has 6 nitrogen and oxygen atoms in total. The largest absolute Gasteiger partial charge is 0.360 e. The Kier molecular flexibility index (Phi) is 5.46. The maximum absolute atomic E-state index is 12.7. The lowest BCUT2D eigenvalue weighted by molar-refractivity contribution is -0.133. The molecular weight excluding hydrogens is 354 g/mol. The number of aryl methyl sites for hydroxylation is 3. The predicted molar refractivity (Wildman–Crippen MR) is 106 cm³/mol. The zero-order valence-corrected chi connectivity index (χ0v) is 16.4. The molecule has 2 aromatic rings. The third-order valence-corrected chi connectivity index (χ3v) is 5.87. The van der Waals surface area contributed by atoms with Crippen LogP contribution in [0.3, 0.4) is 0 Å². The van der Waals surface area contributed by atoms with Gasteiger partial charge in [-0.15, -0.1) is 0 Å². The van der Waals surface area contributed by atoms with Crippen LogP contribution < -0.4 is 5.32 Å². The van der Waals surface area contributed by atoms with Gasteiger partial charge in [0.25, 0.3) is 0 Å². The summed E-state index contributed by atoms with van der Waals surface area (Å²) < 4.78 is 4.97. The molecule has 1 aliphatic heterocycles. The lowest BCUT2D eigenvalue weighted by Crippen LogP contribution is -2.42. The molecule has 1 saturated heterocycles. The number of carbonyl (C=O) groups excluding carboxylic acids is 2. The van der Waals surface area contributed by atoms with Crippen molar-refractivity contribution in [1.82, 2.24) is 10.1 Å². The number of fused-ring (bicyclic) bond motifs is 1. The Balaban J connectivity index is 1.28. The van der Waals surface area contributed by atoms with Gasteiger partial charge in [-0.25, -0.2) is 0 Å². The lowest BCUT2D eigenvalue weighted by atomic mass is 9.89. The molecule has 1 aromatic heterocycles. The predicted octanol–water partition coefficient (Wildman–Crippen LogP) is 3.28. The third kappa shape index (κ3) is 4.26. The van der Waals surface area contributed by atoms with Crippen LogP contribution in [-0.2, 0) is 28.9 Å². The fraction of sp³-hybridized carbons (Fsp3) is 0.500. The third-order valence-electron chi connectivity index (χ3n) is 5.87. The van der Waals surface area contributed by atoms with Crippen molar-refractivity contribution in [3.05, 3.63) is 46.7 Å². The number of nitrogens with one attached hydrogen (secondary N) is 1. The van der Waals surface area contributed by atoms with Crippen molar-refractivity contribution in [3.63, 3.8) is 0 Å². The van der Waals surface area contributed by atoms with E-state index in [1.807, 2.05) is 4.90 Å². The molecular formula is C22H27N3O3. The Morgan fingerprint density at radius 3 is 2.61 bits per heavy atom. The second-order valence-electron chi connectivity index (χ2n) is 7.95. The first-order valence-electron chi connectivity index (χ1n) is 10.2. The molecule has 0 bridgehead atoms. The molecule has 1 aromatic carbocycles. The molecule has 148 valence electrons. The Hall–Kier alpha value is -2.63. The second kappa shape index (κ2) is 8.17. The maximum Gasteiger partial charge on any atom is 0.228 e. The van der Waals surface area contributed by atoms with Gasteiger partial charge in [0, 0.05) is 25.1 Å². The average molecular weight is 381 g/mol.